The van der Waals surface area contributed by atoms with E-state index in [2.05, 4.69) is 10.6 Å². The van der Waals surface area contributed by atoms with E-state index in [1.54, 1.807) is 24.3 Å². The van der Waals surface area contributed by atoms with Crippen LogP contribution in [0.3, 0.4) is 0 Å². The molecule has 0 radical (unpaired) electrons. The van der Waals surface area contributed by atoms with E-state index in [9.17, 15) is 18.0 Å². The number of thiocarbonyl (C=S) groups is 1. The van der Waals surface area contributed by atoms with E-state index in [1.807, 2.05) is 6.92 Å². The molecule has 0 aliphatic rings. The minimum absolute atomic E-state index is 0.0989. The molecule has 0 heterocycles. The van der Waals surface area contributed by atoms with E-state index >= 15 is 0 Å². The molecule has 2 N–H and O–H groups in total. The Balaban J connectivity index is 1.99. The van der Waals surface area contributed by atoms with Crippen LogP contribution in [-0.4, -0.2) is 17.6 Å². The fourth-order valence-corrected chi connectivity index (χ4v) is 2.19. The van der Waals surface area contributed by atoms with Gasteiger partial charge in [-0.15, -0.1) is 0 Å². The molecule has 0 saturated heterocycles. The highest BCUT2D eigenvalue weighted by Gasteiger charge is 2.30. The van der Waals surface area contributed by atoms with Gasteiger partial charge in [0.15, 0.2) is 5.11 Å². The molecule has 0 atom stereocenters. The van der Waals surface area contributed by atoms with Gasteiger partial charge >= 0.3 is 6.18 Å². The zero-order valence-electron chi connectivity index (χ0n) is 13.2. The lowest BCUT2D eigenvalue weighted by molar-refractivity contribution is -0.137. The van der Waals surface area contributed by atoms with Gasteiger partial charge in [0.05, 0.1) is 12.2 Å². The first-order chi connectivity index (χ1) is 11.8. The summed E-state index contributed by atoms with van der Waals surface area (Å²) in [5.41, 5.74) is -0.332. The predicted octanol–water partition coefficient (Wildman–Crippen LogP) is 4.23. The predicted molar refractivity (Wildman–Crippen MR) is 92.7 cm³/mol. The lowest BCUT2D eigenvalue weighted by Crippen LogP contribution is -2.34. The van der Waals surface area contributed by atoms with Crippen LogP contribution in [0.15, 0.2) is 48.5 Å². The van der Waals surface area contributed by atoms with Crippen molar-refractivity contribution in [1.82, 2.24) is 5.32 Å². The molecule has 1 amide bonds. The molecule has 2 aromatic rings. The van der Waals surface area contributed by atoms with Crippen LogP contribution >= 0.6 is 12.2 Å². The lowest BCUT2D eigenvalue weighted by Gasteiger charge is -2.12. The Labute approximate surface area is 148 Å². The van der Waals surface area contributed by atoms with Gasteiger partial charge in [0.25, 0.3) is 5.91 Å². The zero-order valence-corrected chi connectivity index (χ0v) is 14.0. The number of amides is 1. The van der Waals surface area contributed by atoms with Crippen LogP contribution in [0.1, 0.15) is 22.8 Å². The van der Waals surface area contributed by atoms with Crippen LogP contribution in [0, 0.1) is 0 Å². The number of rotatable bonds is 4. The van der Waals surface area contributed by atoms with Crippen molar-refractivity contribution in [2.75, 3.05) is 11.9 Å². The third kappa shape index (κ3) is 5.46. The molecule has 2 aromatic carbocycles. The average molecular weight is 368 g/mol. The Morgan fingerprint density at radius 2 is 1.84 bits per heavy atom. The third-order valence-corrected chi connectivity index (χ3v) is 3.31. The van der Waals surface area contributed by atoms with Crippen LogP contribution in [0.5, 0.6) is 5.75 Å². The summed E-state index contributed by atoms with van der Waals surface area (Å²) in [5, 5.41) is 4.88. The Hall–Kier alpha value is -2.61. The fraction of sp³-hybridized carbons (Fsp3) is 0.176. The van der Waals surface area contributed by atoms with Crippen molar-refractivity contribution >= 4 is 28.9 Å². The Morgan fingerprint density at radius 1 is 1.16 bits per heavy atom. The molecular formula is C17H15F3N2O2S. The molecule has 0 saturated carbocycles. The topological polar surface area (TPSA) is 50.4 Å². The highest BCUT2D eigenvalue weighted by molar-refractivity contribution is 7.80. The van der Waals surface area contributed by atoms with Gasteiger partial charge in [0.1, 0.15) is 5.75 Å². The molecule has 0 spiro atoms. The van der Waals surface area contributed by atoms with Gasteiger partial charge in [-0.2, -0.15) is 13.2 Å². The van der Waals surface area contributed by atoms with Gasteiger partial charge in [-0.25, -0.2) is 0 Å². The molecule has 0 unspecified atom stereocenters. The van der Waals surface area contributed by atoms with Gasteiger partial charge in [-0.1, -0.05) is 6.07 Å². The number of nitrogens with one attached hydrogen (secondary N) is 2. The highest BCUT2D eigenvalue weighted by Crippen LogP contribution is 2.30. The Kier molecular flexibility index (Phi) is 5.97. The number of benzene rings is 2. The minimum Gasteiger partial charge on any atom is -0.494 e. The standard InChI is InChI=1S/C17H15F3N2O2S/c1-2-24-14-8-6-11(7-9-14)15(23)22-16(25)21-13-5-3-4-12(10-13)17(18,19)20/h3-10H,2H2,1H3,(H2,21,22,23,25). The van der Waals surface area contributed by atoms with Crippen molar-refractivity contribution in [1.29, 1.82) is 0 Å². The Bertz CT molecular complexity index is 761. The van der Waals surface area contributed by atoms with Crippen molar-refractivity contribution in [3.63, 3.8) is 0 Å². The molecular weight excluding hydrogens is 353 g/mol. The van der Waals surface area contributed by atoms with Crippen LogP contribution in [0.2, 0.25) is 0 Å². The smallest absolute Gasteiger partial charge is 0.416 e. The quantitative estimate of drug-likeness (QED) is 0.793. The molecule has 0 fully saturated rings. The average Bonchev–Trinajstić information content (AvgIpc) is 2.55. The number of anilines is 1. The van der Waals surface area contributed by atoms with Crippen molar-refractivity contribution in [2.45, 2.75) is 13.1 Å². The van der Waals surface area contributed by atoms with Crippen LogP contribution in [0.25, 0.3) is 0 Å². The largest absolute Gasteiger partial charge is 0.494 e. The summed E-state index contributed by atoms with van der Waals surface area (Å²) in [7, 11) is 0. The summed E-state index contributed by atoms with van der Waals surface area (Å²) >= 11 is 4.97. The molecule has 132 valence electrons. The molecule has 25 heavy (non-hydrogen) atoms. The second-order valence-electron chi connectivity index (χ2n) is 4.94. The van der Waals surface area contributed by atoms with E-state index < -0.39 is 17.6 Å². The van der Waals surface area contributed by atoms with Crippen LogP contribution < -0.4 is 15.4 Å². The maximum Gasteiger partial charge on any atom is 0.416 e. The van der Waals surface area contributed by atoms with Gasteiger partial charge in [0.2, 0.25) is 0 Å². The summed E-state index contributed by atoms with van der Waals surface area (Å²) < 4.78 is 43.3. The monoisotopic (exact) mass is 368 g/mol. The summed E-state index contributed by atoms with van der Waals surface area (Å²) in [6.07, 6.45) is -4.45. The van der Waals surface area contributed by atoms with Gasteiger partial charge in [-0.3, -0.25) is 10.1 Å². The van der Waals surface area contributed by atoms with Crippen LogP contribution in [0.4, 0.5) is 18.9 Å². The first-order valence-corrected chi connectivity index (χ1v) is 7.73. The highest BCUT2D eigenvalue weighted by atomic mass is 32.1. The van der Waals surface area contributed by atoms with E-state index in [1.165, 1.54) is 12.1 Å². The second-order valence-corrected chi connectivity index (χ2v) is 5.35. The summed E-state index contributed by atoms with van der Waals surface area (Å²) in [4.78, 5) is 12.1. The van der Waals surface area contributed by atoms with E-state index in [0.29, 0.717) is 17.9 Å². The third-order valence-electron chi connectivity index (χ3n) is 3.10. The normalized spacial score (nSPS) is 10.9. The molecule has 0 bridgehead atoms. The summed E-state index contributed by atoms with van der Waals surface area (Å²) in [5.74, 6) is 0.149. The number of carbonyl (C=O) groups excluding carboxylic acids is 1. The fourth-order valence-electron chi connectivity index (χ4n) is 1.98. The summed E-state index contributed by atoms with van der Waals surface area (Å²) in [6, 6.07) is 10.9. The first kappa shape index (κ1) is 18.7. The Morgan fingerprint density at radius 3 is 2.44 bits per heavy atom. The number of hydrogen-bond donors (Lipinski definition) is 2. The van der Waals surface area contributed by atoms with E-state index in [0.717, 1.165) is 12.1 Å². The number of halogens is 3. The molecule has 2 rings (SSSR count). The second kappa shape index (κ2) is 7.98. The van der Waals surface area contributed by atoms with Crippen molar-refractivity contribution < 1.29 is 22.7 Å². The van der Waals surface area contributed by atoms with Crippen molar-refractivity contribution in [3.8, 4) is 5.75 Å². The maximum absolute atomic E-state index is 12.7. The summed E-state index contributed by atoms with van der Waals surface area (Å²) in [6.45, 7) is 2.36. The SMILES string of the molecule is CCOc1ccc(C(=O)NC(=S)Nc2cccc(C(F)(F)F)c2)cc1. The number of hydrogen-bond acceptors (Lipinski definition) is 3. The van der Waals surface area contributed by atoms with E-state index in [4.69, 9.17) is 17.0 Å². The molecule has 0 aromatic heterocycles. The van der Waals surface area contributed by atoms with Crippen LogP contribution in [-0.2, 0) is 6.18 Å². The number of carbonyl (C=O) groups is 1. The maximum atomic E-state index is 12.7. The van der Waals surface area contributed by atoms with Gasteiger partial charge in [0, 0.05) is 11.3 Å². The van der Waals surface area contributed by atoms with Crippen molar-refractivity contribution in [2.24, 2.45) is 0 Å². The van der Waals surface area contributed by atoms with Gasteiger partial charge in [-0.05, 0) is 61.6 Å². The molecule has 8 heteroatoms. The number of ether oxygens (including phenoxy) is 1. The molecule has 0 aliphatic heterocycles. The molecule has 0 aliphatic carbocycles. The van der Waals surface area contributed by atoms with Gasteiger partial charge < -0.3 is 10.1 Å². The zero-order chi connectivity index (χ0) is 18.4. The lowest BCUT2D eigenvalue weighted by atomic mass is 10.2. The first-order valence-electron chi connectivity index (χ1n) is 7.32. The van der Waals surface area contributed by atoms with Crippen molar-refractivity contribution in [3.05, 3.63) is 59.7 Å². The minimum atomic E-state index is -4.45. The van der Waals surface area contributed by atoms with E-state index in [-0.39, 0.29) is 10.8 Å². The number of alkyl halides is 3. The molecule has 4 nitrogen and oxygen atoms in total.